The second-order valence-corrected chi connectivity index (χ2v) is 11.7. The highest BCUT2D eigenvalue weighted by molar-refractivity contribution is 7.92. The molecule has 6 rings (SSSR count). The zero-order valence-corrected chi connectivity index (χ0v) is 22.2. The van der Waals surface area contributed by atoms with Crippen molar-refractivity contribution in [2.75, 3.05) is 16.6 Å². The van der Waals surface area contributed by atoms with Crippen LogP contribution in [-0.2, 0) is 23.0 Å². The first kappa shape index (κ1) is 24.3. The van der Waals surface area contributed by atoms with Gasteiger partial charge in [0.15, 0.2) is 5.82 Å². The molecule has 3 heterocycles. The molecule has 0 bridgehead atoms. The van der Waals surface area contributed by atoms with E-state index in [9.17, 15) is 8.42 Å². The van der Waals surface area contributed by atoms with Crippen LogP contribution in [0.25, 0.3) is 33.5 Å². The van der Waals surface area contributed by atoms with Crippen molar-refractivity contribution >= 4 is 26.7 Å². The van der Waals surface area contributed by atoms with E-state index in [0.29, 0.717) is 25.3 Å². The molecule has 1 fully saturated rings. The lowest BCUT2D eigenvalue weighted by Crippen LogP contribution is -2.37. The van der Waals surface area contributed by atoms with Gasteiger partial charge in [-0.1, -0.05) is 55.5 Å². The lowest BCUT2D eigenvalue weighted by molar-refractivity contribution is 0.574. The van der Waals surface area contributed by atoms with Crippen LogP contribution < -0.4 is 4.31 Å². The first-order chi connectivity index (χ1) is 18.4. The minimum atomic E-state index is -3.29. The number of anilines is 1. The third-order valence-corrected chi connectivity index (χ3v) is 9.06. The van der Waals surface area contributed by atoms with Crippen molar-refractivity contribution in [2.24, 2.45) is 0 Å². The van der Waals surface area contributed by atoms with E-state index in [4.69, 9.17) is 4.98 Å². The number of rotatable bonds is 6. The molecule has 10 heteroatoms. The molecule has 5 aromatic rings. The van der Waals surface area contributed by atoms with Crippen LogP contribution in [0.15, 0.2) is 60.7 Å². The number of imidazole rings is 1. The number of nitrogens with zero attached hydrogens (tertiary/aromatic N) is 6. The quantitative estimate of drug-likeness (QED) is 0.342. The first-order valence-corrected chi connectivity index (χ1v) is 14.5. The van der Waals surface area contributed by atoms with Crippen molar-refractivity contribution in [3.63, 3.8) is 0 Å². The van der Waals surface area contributed by atoms with Gasteiger partial charge < -0.3 is 4.57 Å². The van der Waals surface area contributed by atoms with E-state index in [2.05, 4.69) is 62.4 Å². The zero-order valence-electron chi connectivity index (χ0n) is 21.4. The van der Waals surface area contributed by atoms with E-state index < -0.39 is 10.0 Å². The molecule has 1 N–H and O–H groups in total. The summed E-state index contributed by atoms with van der Waals surface area (Å²) in [4.78, 5) is 4.93. The van der Waals surface area contributed by atoms with E-state index in [1.807, 2.05) is 37.3 Å². The Bertz CT molecular complexity index is 1710. The number of hydrogen-bond acceptors (Lipinski definition) is 6. The van der Waals surface area contributed by atoms with E-state index in [1.165, 1.54) is 0 Å². The van der Waals surface area contributed by atoms with Gasteiger partial charge >= 0.3 is 0 Å². The van der Waals surface area contributed by atoms with Gasteiger partial charge in [0.25, 0.3) is 0 Å². The van der Waals surface area contributed by atoms with E-state index in [1.54, 1.807) is 4.31 Å². The molecule has 2 aromatic heterocycles. The van der Waals surface area contributed by atoms with Gasteiger partial charge in [-0.3, -0.25) is 4.31 Å². The predicted molar refractivity (Wildman–Crippen MR) is 148 cm³/mol. The summed E-state index contributed by atoms with van der Waals surface area (Å²) in [5.41, 5.74) is 7.79. The third-order valence-electron chi connectivity index (χ3n) is 7.20. The molecule has 0 atom stereocenters. The van der Waals surface area contributed by atoms with Crippen LogP contribution in [0, 0.1) is 6.92 Å². The van der Waals surface area contributed by atoms with Gasteiger partial charge in [-0.15, -0.1) is 5.10 Å². The molecule has 1 aliphatic rings. The Hall–Kier alpha value is -4.05. The number of tetrazole rings is 1. The van der Waals surface area contributed by atoms with Crippen molar-refractivity contribution in [3.05, 3.63) is 77.6 Å². The molecule has 3 aromatic carbocycles. The molecule has 1 saturated heterocycles. The van der Waals surface area contributed by atoms with E-state index >= 15 is 0 Å². The molecule has 0 aliphatic carbocycles. The van der Waals surface area contributed by atoms with Crippen LogP contribution in [0.4, 0.5) is 5.69 Å². The molecular weight excluding hydrogens is 498 g/mol. The van der Waals surface area contributed by atoms with Crippen molar-refractivity contribution in [1.29, 1.82) is 0 Å². The number of aromatic amines is 1. The summed E-state index contributed by atoms with van der Waals surface area (Å²) >= 11 is 0. The number of H-pyrrole nitrogens is 1. The second kappa shape index (κ2) is 9.68. The standard InChI is InChI=1S/C28H29N7O2S/c1-3-26-29-27-19(2)16-22(35-14-6-7-15-38(35,36)37)17-25(27)34(26)18-20-10-12-21(13-11-20)23-8-4-5-9-24(23)28-30-32-33-31-28/h4-5,8-13,16-17H,3,6-7,14-15,18H2,1-2H3,(H,30,31,32,33). The Morgan fingerprint density at radius 2 is 1.79 bits per heavy atom. The number of benzene rings is 3. The van der Waals surface area contributed by atoms with E-state index in [0.717, 1.165) is 63.2 Å². The van der Waals surface area contributed by atoms with Gasteiger partial charge in [0.2, 0.25) is 10.0 Å². The molecule has 0 saturated carbocycles. The minimum absolute atomic E-state index is 0.200. The van der Waals surface area contributed by atoms with Crippen LogP contribution in [0.5, 0.6) is 0 Å². The maximum atomic E-state index is 12.8. The first-order valence-electron chi connectivity index (χ1n) is 12.9. The van der Waals surface area contributed by atoms with Crippen molar-refractivity contribution in [3.8, 4) is 22.5 Å². The second-order valence-electron chi connectivity index (χ2n) is 9.69. The van der Waals surface area contributed by atoms with Crippen LogP contribution >= 0.6 is 0 Å². The third kappa shape index (κ3) is 4.34. The highest BCUT2D eigenvalue weighted by Gasteiger charge is 2.27. The highest BCUT2D eigenvalue weighted by Crippen LogP contribution is 2.32. The normalized spacial score (nSPS) is 15.3. The molecule has 9 nitrogen and oxygen atoms in total. The Morgan fingerprint density at radius 3 is 2.50 bits per heavy atom. The molecule has 38 heavy (non-hydrogen) atoms. The SMILES string of the molecule is CCc1nc2c(C)cc(N3CCCCS3(=O)=O)cc2n1Cc1ccc(-c2ccccc2-c2nnn[nH]2)cc1. The van der Waals surface area contributed by atoms with Crippen molar-refractivity contribution in [2.45, 2.75) is 39.7 Å². The number of aromatic nitrogens is 6. The summed E-state index contributed by atoms with van der Waals surface area (Å²) in [5.74, 6) is 1.81. The molecule has 0 unspecified atom stereocenters. The lowest BCUT2D eigenvalue weighted by atomic mass is 9.98. The van der Waals surface area contributed by atoms with Crippen LogP contribution in [0.3, 0.4) is 0 Å². The Kier molecular flexibility index (Phi) is 6.19. The van der Waals surface area contributed by atoms with Crippen LogP contribution in [-0.4, -0.2) is 50.9 Å². The Balaban J connectivity index is 1.36. The smallest absolute Gasteiger partial charge is 0.235 e. The fourth-order valence-electron chi connectivity index (χ4n) is 5.28. The zero-order chi connectivity index (χ0) is 26.3. The maximum Gasteiger partial charge on any atom is 0.235 e. The van der Waals surface area contributed by atoms with E-state index in [-0.39, 0.29) is 5.75 Å². The Labute approximate surface area is 221 Å². The van der Waals surface area contributed by atoms with Gasteiger partial charge in [-0.05, 0) is 64.6 Å². The Morgan fingerprint density at radius 1 is 1.00 bits per heavy atom. The predicted octanol–water partition coefficient (Wildman–Crippen LogP) is 4.73. The van der Waals surface area contributed by atoms with Gasteiger partial charge in [0, 0.05) is 25.1 Å². The minimum Gasteiger partial charge on any atom is -0.323 e. The number of sulfonamides is 1. The monoisotopic (exact) mass is 527 g/mol. The fourth-order valence-corrected chi connectivity index (χ4v) is 6.90. The summed E-state index contributed by atoms with van der Waals surface area (Å²) in [6.07, 6.45) is 2.37. The van der Waals surface area contributed by atoms with Gasteiger partial charge in [-0.2, -0.15) is 0 Å². The fraction of sp³-hybridized carbons (Fsp3) is 0.286. The summed E-state index contributed by atoms with van der Waals surface area (Å²) in [5, 5.41) is 14.4. The number of aryl methyl sites for hydroxylation is 2. The van der Waals surface area contributed by atoms with Crippen LogP contribution in [0.2, 0.25) is 0 Å². The van der Waals surface area contributed by atoms with Crippen molar-refractivity contribution in [1.82, 2.24) is 30.2 Å². The molecular formula is C28H29N7O2S. The average Bonchev–Trinajstić information content (AvgIpc) is 3.58. The van der Waals surface area contributed by atoms with Crippen molar-refractivity contribution < 1.29 is 8.42 Å². The maximum absolute atomic E-state index is 12.8. The lowest BCUT2D eigenvalue weighted by Gasteiger charge is -2.28. The number of fused-ring (bicyclic) bond motifs is 1. The number of nitrogens with one attached hydrogen (secondary N) is 1. The topological polar surface area (TPSA) is 110 Å². The summed E-state index contributed by atoms with van der Waals surface area (Å²) in [6.45, 7) is 5.27. The molecule has 1 aliphatic heterocycles. The summed E-state index contributed by atoms with van der Waals surface area (Å²) < 4.78 is 29.4. The highest BCUT2D eigenvalue weighted by atomic mass is 32.2. The van der Waals surface area contributed by atoms with Gasteiger partial charge in [0.1, 0.15) is 5.82 Å². The summed E-state index contributed by atoms with van der Waals surface area (Å²) in [7, 11) is -3.29. The summed E-state index contributed by atoms with van der Waals surface area (Å²) in [6, 6.07) is 20.5. The molecule has 0 amide bonds. The van der Waals surface area contributed by atoms with Gasteiger partial charge in [-0.25, -0.2) is 18.5 Å². The molecule has 0 spiro atoms. The average molecular weight is 528 g/mol. The van der Waals surface area contributed by atoms with Crippen LogP contribution in [0.1, 0.15) is 36.7 Å². The number of hydrogen-bond donors (Lipinski definition) is 1. The largest absolute Gasteiger partial charge is 0.323 e. The molecule has 194 valence electrons. The van der Waals surface area contributed by atoms with Gasteiger partial charge in [0.05, 0.1) is 22.5 Å². The molecule has 0 radical (unpaired) electrons.